The molecular formula is C41H49F9N8O10. The van der Waals surface area contributed by atoms with Crippen molar-refractivity contribution in [2.45, 2.75) is 107 Å². The minimum Gasteiger partial charge on any atom is -0.393 e. The van der Waals surface area contributed by atoms with Gasteiger partial charge in [0.15, 0.2) is 60.3 Å². The van der Waals surface area contributed by atoms with Crippen molar-refractivity contribution >= 4 is 17.8 Å². The summed E-state index contributed by atoms with van der Waals surface area (Å²) >= 11 is 0. The normalized spacial score (nSPS) is 33.2. The number of hydrogen-bond acceptors (Lipinski definition) is 12. The highest BCUT2D eigenvalue weighted by molar-refractivity contribution is 6.03. The van der Waals surface area contributed by atoms with Gasteiger partial charge < -0.3 is 40.8 Å². The molecule has 0 bridgehead atoms. The molecule has 0 radical (unpaired) electrons. The average Bonchev–Trinajstić information content (AvgIpc) is 3.85. The minimum absolute atomic E-state index is 0.192. The van der Waals surface area contributed by atoms with E-state index >= 15 is 0 Å². The number of aliphatic hydroxyl groups excluding tert-OH is 2. The molecule has 4 aliphatic rings. The predicted molar refractivity (Wildman–Crippen MR) is 220 cm³/mol. The lowest BCUT2D eigenvalue weighted by molar-refractivity contribution is -0.141. The average molecular weight is 985 g/mol. The Hall–Kier alpha value is -5.61. The van der Waals surface area contributed by atoms with Crippen LogP contribution >= 0.6 is 0 Å². The first kappa shape index (κ1) is 53.3. The number of amides is 3. The van der Waals surface area contributed by atoms with Crippen LogP contribution in [0.4, 0.5) is 50.1 Å². The molecule has 18 nitrogen and oxygen atoms in total. The maximum Gasteiger partial charge on any atom is 0.351 e. The van der Waals surface area contributed by atoms with Gasteiger partial charge in [-0.25, -0.2) is 49.5 Å². The van der Waals surface area contributed by atoms with Crippen molar-refractivity contribution in [1.82, 2.24) is 29.3 Å². The lowest BCUT2D eigenvalue weighted by atomic mass is 9.86. The summed E-state index contributed by atoms with van der Waals surface area (Å²) in [6.45, 7) is 2.03. The van der Waals surface area contributed by atoms with Gasteiger partial charge in [0.05, 0.1) is 19.0 Å². The lowest BCUT2D eigenvalue weighted by Crippen LogP contribution is -2.56. The fourth-order valence-corrected chi connectivity index (χ4v) is 7.81. The number of benzene rings is 1. The van der Waals surface area contributed by atoms with Crippen LogP contribution in [0, 0.1) is 23.5 Å². The van der Waals surface area contributed by atoms with Gasteiger partial charge in [0, 0.05) is 23.6 Å². The Balaban J connectivity index is 0.000000195. The highest BCUT2D eigenvalue weighted by Gasteiger charge is 2.58. The first-order chi connectivity index (χ1) is 32.0. The van der Waals surface area contributed by atoms with Crippen LogP contribution in [0.1, 0.15) is 63.4 Å². The molecule has 1 aromatic carbocycles. The van der Waals surface area contributed by atoms with Crippen LogP contribution in [0.5, 0.6) is 0 Å². The van der Waals surface area contributed by atoms with Crippen molar-refractivity contribution in [1.29, 1.82) is 0 Å². The zero-order valence-electron chi connectivity index (χ0n) is 36.6. The summed E-state index contributed by atoms with van der Waals surface area (Å²) in [7, 11) is 0. The van der Waals surface area contributed by atoms with Crippen molar-refractivity contribution in [3.05, 3.63) is 103 Å². The number of rotatable bonds is 11. The summed E-state index contributed by atoms with van der Waals surface area (Å²) in [4.78, 5) is 64.4. The molecule has 2 aromatic heterocycles. The molecule has 0 aliphatic carbocycles. The SMILES string of the molecule is CC[C@@]1(CF)O[C@@H](n2cc(F)c(=O)[nH]c2=O)[C@H](F)[C@@H]1C.CC[C@@]1(CF)O[C@@H](n2cc(F)c(NC(=O)c3ccccc3)nc2=O)[C@H](F)[C@@H]1C.NC1NC(=O)N([C@@H]2O[C@@](CO)(CF)[C@@H](O)[C@H]2F)C=C1F. The molecule has 3 fully saturated rings. The van der Waals surface area contributed by atoms with Gasteiger partial charge in [-0.3, -0.25) is 28.6 Å². The number of aromatic amines is 1. The second-order valence-corrected chi connectivity index (χ2v) is 16.3. The van der Waals surface area contributed by atoms with E-state index in [9.17, 15) is 68.6 Å². The largest absolute Gasteiger partial charge is 0.393 e. The van der Waals surface area contributed by atoms with Gasteiger partial charge in [-0.05, 0) is 25.0 Å². The third-order valence-electron chi connectivity index (χ3n) is 12.5. The van der Waals surface area contributed by atoms with Crippen LogP contribution in [0.15, 0.2) is 69.1 Å². The van der Waals surface area contributed by atoms with Crippen molar-refractivity contribution in [2.75, 3.05) is 31.9 Å². The first-order valence-corrected chi connectivity index (χ1v) is 20.8. The summed E-state index contributed by atoms with van der Waals surface area (Å²) in [6, 6.07) is 7.02. The number of hydrogen-bond donors (Lipinski definition) is 6. The molecule has 1 unspecified atom stereocenters. The maximum atomic E-state index is 14.7. The number of anilines is 1. The summed E-state index contributed by atoms with van der Waals surface area (Å²) < 4.78 is 141. The molecule has 7 N–H and O–H groups in total. The Morgan fingerprint density at radius 3 is 1.81 bits per heavy atom. The van der Waals surface area contributed by atoms with E-state index in [0.29, 0.717) is 32.6 Å². The number of carbonyl (C=O) groups is 2. The molecule has 7 rings (SSSR count). The summed E-state index contributed by atoms with van der Waals surface area (Å²) in [5.74, 6) is -6.10. The summed E-state index contributed by atoms with van der Waals surface area (Å²) in [6.07, 6.45) is -11.4. The second-order valence-electron chi connectivity index (χ2n) is 16.3. The Labute approximate surface area is 379 Å². The molecule has 0 saturated carbocycles. The third kappa shape index (κ3) is 10.1. The number of nitrogens with two attached hydrogens (primary N) is 1. The van der Waals surface area contributed by atoms with E-state index in [4.69, 9.17) is 25.1 Å². The molecule has 4 aliphatic heterocycles. The van der Waals surface area contributed by atoms with Crippen LogP contribution in [-0.2, 0) is 14.2 Å². The topological polar surface area (TPSA) is 245 Å². The van der Waals surface area contributed by atoms with Crippen LogP contribution in [-0.4, -0.2) is 127 Å². The van der Waals surface area contributed by atoms with Gasteiger partial charge in [-0.1, -0.05) is 45.9 Å². The highest BCUT2D eigenvalue weighted by atomic mass is 19.2. The van der Waals surface area contributed by atoms with E-state index in [1.807, 2.05) is 5.32 Å². The van der Waals surface area contributed by atoms with E-state index in [2.05, 4.69) is 10.3 Å². The Morgan fingerprint density at radius 2 is 1.32 bits per heavy atom. The van der Waals surface area contributed by atoms with Crippen LogP contribution in [0.2, 0.25) is 0 Å². The summed E-state index contributed by atoms with van der Waals surface area (Å²) in [5.41, 5.74) is -2.68. The molecule has 27 heteroatoms. The zero-order chi connectivity index (χ0) is 50.6. The minimum atomic E-state index is -2.22. The number of urea groups is 1. The highest BCUT2D eigenvalue weighted by Crippen LogP contribution is 2.46. The Bertz CT molecular complexity index is 2470. The molecule has 0 spiro atoms. The predicted octanol–water partition coefficient (Wildman–Crippen LogP) is 3.42. The number of aromatic nitrogens is 4. The Kier molecular flexibility index (Phi) is 16.8. The molecule has 6 heterocycles. The van der Waals surface area contributed by atoms with Crippen LogP contribution in [0.25, 0.3) is 0 Å². The van der Waals surface area contributed by atoms with Crippen molar-refractivity contribution in [3.8, 4) is 0 Å². The van der Waals surface area contributed by atoms with E-state index in [0.717, 1.165) is 0 Å². The molecule has 3 saturated heterocycles. The van der Waals surface area contributed by atoms with Crippen molar-refractivity contribution < 1.29 is 73.5 Å². The van der Waals surface area contributed by atoms with E-state index in [1.165, 1.54) is 26.0 Å². The lowest BCUT2D eigenvalue weighted by Gasteiger charge is -2.32. The molecule has 3 aromatic rings. The standard InChI is InChI=1S/C19H20F3N3O3.C12H15F3N2O3.C10H14F3N3O4/c1-3-19(10-20)11(2)14(22)17(28-19)25-9-13(21)15(24-18(25)27)23-16(26)12-7-5-4-6-8-12;1-3-12(5-13)6(2)8(15)10(20-12)17-4-7(14)9(18)16-11(17)19;11-2-10(3-17)6(18)5(13)8(20-10)16-1-4(12)7(14)15-9(16)19/h4-9,11,14,17H,3,10H2,1-2H3,(H,23,24,26,27);4,6,8,10H,3,5H2,1-2H3,(H,16,18,19);1,5-8,17-18H,2-3,14H2,(H,15,19)/t11-,14+,17+,19-;6-,8+,10+,12-;5-,6+,7?,8-,10-/m001/s1. The number of halogens is 9. The maximum absolute atomic E-state index is 14.7. The third-order valence-corrected chi connectivity index (χ3v) is 12.5. The van der Waals surface area contributed by atoms with Gasteiger partial charge in [-0.2, -0.15) is 9.37 Å². The zero-order valence-corrected chi connectivity index (χ0v) is 36.6. The van der Waals surface area contributed by atoms with Crippen molar-refractivity contribution in [3.63, 3.8) is 0 Å². The number of ether oxygens (including phenoxy) is 3. The monoisotopic (exact) mass is 984 g/mol. The van der Waals surface area contributed by atoms with Crippen molar-refractivity contribution in [2.24, 2.45) is 17.6 Å². The van der Waals surface area contributed by atoms with Crippen LogP contribution < -0.4 is 33.3 Å². The fraction of sp³-hybridized carbons (Fsp3) is 0.561. The number of nitrogens with one attached hydrogen (secondary N) is 3. The molecular weight excluding hydrogens is 935 g/mol. The Morgan fingerprint density at radius 1 is 0.809 bits per heavy atom. The van der Waals surface area contributed by atoms with Gasteiger partial charge in [-0.15, -0.1) is 0 Å². The quantitative estimate of drug-likeness (QED) is 0.152. The fourth-order valence-electron chi connectivity index (χ4n) is 7.81. The van der Waals surface area contributed by atoms with Gasteiger partial charge in [0.25, 0.3) is 11.5 Å². The molecule has 3 amide bonds. The molecule has 376 valence electrons. The number of aliphatic hydroxyl groups is 2. The number of carbonyl (C=O) groups excluding carboxylic acids is 2. The smallest absolute Gasteiger partial charge is 0.351 e. The number of H-pyrrole nitrogens is 1. The number of nitrogens with zero attached hydrogens (tertiary/aromatic N) is 4. The second kappa shape index (κ2) is 21.4. The molecule has 68 heavy (non-hydrogen) atoms. The number of alkyl halides is 6. The summed E-state index contributed by atoms with van der Waals surface area (Å²) in [5, 5.41) is 22.9. The van der Waals surface area contributed by atoms with Gasteiger partial charge in [0.2, 0.25) is 5.82 Å². The van der Waals surface area contributed by atoms with Gasteiger partial charge >= 0.3 is 17.4 Å². The van der Waals surface area contributed by atoms with E-state index < -0.39 is 157 Å². The van der Waals surface area contributed by atoms with E-state index in [1.54, 1.807) is 37.0 Å². The van der Waals surface area contributed by atoms with Gasteiger partial charge in [0.1, 0.15) is 43.5 Å². The van der Waals surface area contributed by atoms with Crippen LogP contribution in [0.3, 0.4) is 0 Å². The molecule has 13 atom stereocenters. The first-order valence-electron chi connectivity index (χ1n) is 20.8. The van der Waals surface area contributed by atoms with E-state index in [-0.39, 0.29) is 18.4 Å².